The molecule has 0 aliphatic heterocycles. The van der Waals surface area contributed by atoms with Crippen molar-refractivity contribution in [3.05, 3.63) is 47.1 Å². The Morgan fingerprint density at radius 2 is 2.24 bits per heavy atom. The average Bonchev–Trinajstić information content (AvgIpc) is 2.68. The summed E-state index contributed by atoms with van der Waals surface area (Å²) in [6.07, 6.45) is 1.00. The summed E-state index contributed by atoms with van der Waals surface area (Å²) in [6, 6.07) is 6.57. The van der Waals surface area contributed by atoms with Crippen molar-refractivity contribution >= 4 is 21.4 Å². The molecule has 0 aliphatic rings. The van der Waals surface area contributed by atoms with Crippen LogP contribution in [0.1, 0.15) is 30.7 Å². The molecule has 90 valence electrons. The Balaban J connectivity index is 2.21. The summed E-state index contributed by atoms with van der Waals surface area (Å²) < 4.78 is 14.0. The molecule has 1 aromatic carbocycles. The highest BCUT2D eigenvalue weighted by atomic mass is 32.1. The van der Waals surface area contributed by atoms with E-state index in [-0.39, 0.29) is 5.82 Å². The Bertz CT molecular complexity index is 544. The van der Waals surface area contributed by atoms with Crippen molar-refractivity contribution in [2.24, 2.45) is 0 Å². The van der Waals surface area contributed by atoms with Crippen LogP contribution < -0.4 is 0 Å². The van der Waals surface area contributed by atoms with Crippen molar-refractivity contribution in [2.45, 2.75) is 25.9 Å². The van der Waals surface area contributed by atoms with Gasteiger partial charge in [0.15, 0.2) is 0 Å². The van der Waals surface area contributed by atoms with E-state index < -0.39 is 6.10 Å². The van der Waals surface area contributed by atoms with E-state index in [0.717, 1.165) is 27.0 Å². The van der Waals surface area contributed by atoms with Crippen molar-refractivity contribution in [3.63, 3.8) is 0 Å². The number of fused-ring (bicyclic) bond motifs is 1. The number of thiophene rings is 1. The third-order valence-corrected chi connectivity index (χ3v) is 3.89. The Labute approximate surface area is 104 Å². The van der Waals surface area contributed by atoms with E-state index >= 15 is 0 Å². The second-order valence-electron chi connectivity index (χ2n) is 4.34. The van der Waals surface area contributed by atoms with Gasteiger partial charge < -0.3 is 5.11 Å². The zero-order valence-electron chi connectivity index (χ0n) is 9.74. The fraction of sp³-hybridized carbons (Fsp3) is 0.286. The number of aliphatic hydroxyl groups is 1. The minimum atomic E-state index is -0.479. The summed E-state index contributed by atoms with van der Waals surface area (Å²) in [5.74, 6) is -0.238. The molecule has 17 heavy (non-hydrogen) atoms. The van der Waals surface area contributed by atoms with Crippen LogP contribution in [0.2, 0.25) is 0 Å². The van der Waals surface area contributed by atoms with Crippen molar-refractivity contribution in [3.8, 4) is 0 Å². The summed E-state index contributed by atoms with van der Waals surface area (Å²) in [6.45, 7) is 5.77. The zero-order valence-corrected chi connectivity index (χ0v) is 10.6. The van der Waals surface area contributed by atoms with Gasteiger partial charge in [0.05, 0.1) is 6.10 Å². The highest BCUT2D eigenvalue weighted by molar-refractivity contribution is 7.19. The van der Waals surface area contributed by atoms with Gasteiger partial charge in [-0.25, -0.2) is 4.39 Å². The van der Waals surface area contributed by atoms with E-state index in [9.17, 15) is 9.50 Å². The van der Waals surface area contributed by atoms with Crippen LogP contribution in [0.3, 0.4) is 0 Å². The maximum absolute atomic E-state index is 13.0. The van der Waals surface area contributed by atoms with Crippen LogP contribution in [0, 0.1) is 5.82 Å². The van der Waals surface area contributed by atoms with Gasteiger partial charge in [-0.05, 0) is 49.4 Å². The average molecular weight is 250 g/mol. The lowest BCUT2D eigenvalue weighted by molar-refractivity contribution is 0.171. The van der Waals surface area contributed by atoms with Crippen molar-refractivity contribution in [2.75, 3.05) is 0 Å². The lowest BCUT2D eigenvalue weighted by Crippen LogP contribution is -1.94. The molecule has 0 aliphatic carbocycles. The molecule has 1 unspecified atom stereocenters. The smallest absolute Gasteiger partial charge is 0.123 e. The number of hydrogen-bond acceptors (Lipinski definition) is 2. The van der Waals surface area contributed by atoms with Crippen LogP contribution in [0.4, 0.5) is 4.39 Å². The first-order valence-corrected chi connectivity index (χ1v) is 6.39. The van der Waals surface area contributed by atoms with Gasteiger partial charge in [-0.1, -0.05) is 5.57 Å². The van der Waals surface area contributed by atoms with E-state index in [2.05, 4.69) is 6.58 Å². The first-order chi connectivity index (χ1) is 8.06. The highest BCUT2D eigenvalue weighted by Crippen LogP contribution is 2.32. The van der Waals surface area contributed by atoms with Crippen molar-refractivity contribution in [1.82, 2.24) is 0 Å². The molecular formula is C14H15FOS. The largest absolute Gasteiger partial charge is 0.388 e. The van der Waals surface area contributed by atoms with Crippen LogP contribution in [0.15, 0.2) is 36.4 Å². The first-order valence-electron chi connectivity index (χ1n) is 5.57. The number of benzene rings is 1. The topological polar surface area (TPSA) is 20.2 Å². The molecule has 0 amide bonds. The number of allylic oxidation sites excluding steroid dienone is 1. The second kappa shape index (κ2) is 4.98. The fourth-order valence-corrected chi connectivity index (χ4v) is 2.79. The van der Waals surface area contributed by atoms with Gasteiger partial charge in [-0.3, -0.25) is 0 Å². The lowest BCUT2D eigenvalue weighted by atomic mass is 10.1. The first kappa shape index (κ1) is 12.3. The van der Waals surface area contributed by atoms with Gasteiger partial charge in [0.1, 0.15) is 5.82 Å². The second-order valence-corrected chi connectivity index (χ2v) is 5.46. The molecule has 1 heterocycles. The van der Waals surface area contributed by atoms with E-state index in [1.54, 1.807) is 6.07 Å². The molecule has 0 radical (unpaired) electrons. The number of hydrogen-bond donors (Lipinski definition) is 1. The molecule has 2 aromatic rings. The van der Waals surface area contributed by atoms with Crippen LogP contribution >= 0.6 is 11.3 Å². The normalized spacial score (nSPS) is 12.9. The summed E-state index contributed by atoms with van der Waals surface area (Å²) in [5, 5.41) is 10.9. The Kier molecular flexibility index (Phi) is 3.60. The summed E-state index contributed by atoms with van der Waals surface area (Å²) in [4.78, 5) is 0.895. The van der Waals surface area contributed by atoms with Crippen molar-refractivity contribution in [1.29, 1.82) is 0 Å². The Morgan fingerprint density at radius 3 is 2.94 bits per heavy atom. The van der Waals surface area contributed by atoms with Crippen LogP contribution in [-0.2, 0) is 0 Å². The maximum atomic E-state index is 13.0. The van der Waals surface area contributed by atoms with Gasteiger partial charge in [0.2, 0.25) is 0 Å². The van der Waals surface area contributed by atoms with E-state index in [4.69, 9.17) is 0 Å². The molecule has 1 aromatic heterocycles. The van der Waals surface area contributed by atoms with Gasteiger partial charge in [-0.2, -0.15) is 0 Å². The predicted octanol–water partition coefficient (Wildman–Crippen LogP) is 4.43. The van der Waals surface area contributed by atoms with Gasteiger partial charge in [0.25, 0.3) is 0 Å². The molecule has 0 bridgehead atoms. The van der Waals surface area contributed by atoms with Crippen LogP contribution in [0.25, 0.3) is 10.1 Å². The minimum Gasteiger partial charge on any atom is -0.388 e. The van der Waals surface area contributed by atoms with E-state index in [0.29, 0.717) is 6.42 Å². The van der Waals surface area contributed by atoms with Crippen LogP contribution in [0.5, 0.6) is 0 Å². The molecule has 2 rings (SSSR count). The molecule has 0 saturated carbocycles. The molecule has 0 fully saturated rings. The summed E-state index contributed by atoms with van der Waals surface area (Å²) in [7, 11) is 0. The molecule has 1 atom stereocenters. The summed E-state index contributed by atoms with van der Waals surface area (Å²) in [5.41, 5.74) is 1.07. The van der Waals surface area contributed by atoms with Crippen molar-refractivity contribution < 1.29 is 9.50 Å². The lowest BCUT2D eigenvalue weighted by Gasteiger charge is -2.07. The van der Waals surface area contributed by atoms with Gasteiger partial charge in [0, 0.05) is 9.58 Å². The molecule has 1 N–H and O–H groups in total. The SMILES string of the molecule is C=C(C)CCC(O)c1cc2cc(F)ccc2s1. The predicted molar refractivity (Wildman–Crippen MR) is 70.8 cm³/mol. The summed E-state index contributed by atoms with van der Waals surface area (Å²) >= 11 is 1.52. The van der Waals surface area contributed by atoms with Gasteiger partial charge in [-0.15, -0.1) is 17.9 Å². The quantitative estimate of drug-likeness (QED) is 0.796. The number of rotatable bonds is 4. The Hall–Kier alpha value is -1.19. The third-order valence-electron chi connectivity index (χ3n) is 2.67. The highest BCUT2D eigenvalue weighted by Gasteiger charge is 2.11. The number of halogens is 1. The standard InChI is InChI=1S/C14H15FOS/c1-9(2)3-5-12(16)14-8-10-7-11(15)4-6-13(10)17-14/h4,6-8,12,16H,1,3,5H2,2H3. The molecule has 1 nitrogen and oxygen atoms in total. The monoisotopic (exact) mass is 250 g/mol. The minimum absolute atomic E-state index is 0.238. The Morgan fingerprint density at radius 1 is 1.47 bits per heavy atom. The molecule has 0 saturated heterocycles. The molecule has 3 heteroatoms. The number of aliphatic hydroxyl groups excluding tert-OH is 1. The van der Waals surface area contributed by atoms with E-state index in [1.807, 2.05) is 13.0 Å². The fourth-order valence-electron chi connectivity index (χ4n) is 1.72. The maximum Gasteiger partial charge on any atom is 0.123 e. The third kappa shape index (κ3) is 2.93. The van der Waals surface area contributed by atoms with Crippen LogP contribution in [-0.4, -0.2) is 5.11 Å². The van der Waals surface area contributed by atoms with Gasteiger partial charge >= 0.3 is 0 Å². The zero-order chi connectivity index (χ0) is 12.4. The molecule has 0 spiro atoms. The van der Waals surface area contributed by atoms with E-state index in [1.165, 1.54) is 23.5 Å². The molecular weight excluding hydrogens is 235 g/mol.